The number of ether oxygens (including phenoxy) is 2. The van der Waals surface area contributed by atoms with E-state index >= 15 is 0 Å². The van der Waals surface area contributed by atoms with E-state index < -0.39 is 48.0 Å². The normalized spacial score (nSPS) is 22.2. The van der Waals surface area contributed by atoms with Gasteiger partial charge in [-0.05, 0) is 18.9 Å². The third kappa shape index (κ3) is 4.46. The molecule has 0 spiro atoms. The van der Waals surface area contributed by atoms with E-state index in [0.29, 0.717) is 5.56 Å². The first-order valence-electron chi connectivity index (χ1n) is 7.22. The largest absolute Gasteiger partial charge is 0.473 e. The maximum absolute atomic E-state index is 11.8. The summed E-state index contributed by atoms with van der Waals surface area (Å²) in [7, 11) is 0. The highest BCUT2D eigenvalue weighted by molar-refractivity contribution is 6.28. The van der Waals surface area contributed by atoms with Crippen LogP contribution in [0.15, 0.2) is 20.9 Å². The summed E-state index contributed by atoms with van der Waals surface area (Å²) >= 11 is 0. The van der Waals surface area contributed by atoms with E-state index in [1.807, 2.05) is 0 Å². The molecular weight excluding hydrogens is 338 g/mol. The standard InChI is InChI=1S/C13H15N5O7/c1-6-3-18(13(23)15-10(6)19)4-7-2-8(16-17-14)9(25-7)5-24-12(22)11(20)21/h3,7-9H,2,4-5H2,1H3,(H,20,21)(H,15,19,23)/t7-,8+,9-/m1/s1. The Labute approximate surface area is 139 Å². The molecule has 0 unspecified atom stereocenters. The average molecular weight is 353 g/mol. The van der Waals surface area contributed by atoms with E-state index in [0.717, 1.165) is 0 Å². The van der Waals surface area contributed by atoms with E-state index in [4.69, 9.17) is 15.4 Å². The highest BCUT2D eigenvalue weighted by atomic mass is 16.6. The number of carboxylic acids is 1. The fraction of sp³-hybridized carbons (Fsp3) is 0.538. The fourth-order valence-electron chi connectivity index (χ4n) is 2.46. The number of aromatic nitrogens is 2. The molecule has 1 aliphatic rings. The molecule has 2 rings (SSSR count). The third-order valence-electron chi connectivity index (χ3n) is 3.64. The summed E-state index contributed by atoms with van der Waals surface area (Å²) in [6.45, 7) is 1.23. The Morgan fingerprint density at radius 2 is 2.28 bits per heavy atom. The number of carbonyl (C=O) groups excluding carboxylic acids is 1. The summed E-state index contributed by atoms with van der Waals surface area (Å²) in [6, 6.07) is -0.684. The molecule has 25 heavy (non-hydrogen) atoms. The Morgan fingerprint density at radius 3 is 2.92 bits per heavy atom. The molecule has 3 atom stereocenters. The number of aliphatic carboxylic acids is 1. The Morgan fingerprint density at radius 1 is 1.56 bits per heavy atom. The molecule has 1 saturated heterocycles. The molecular formula is C13H15N5O7. The number of hydrogen-bond donors (Lipinski definition) is 2. The number of aromatic amines is 1. The number of carbonyl (C=O) groups is 2. The summed E-state index contributed by atoms with van der Waals surface area (Å²) < 4.78 is 11.4. The highest BCUT2D eigenvalue weighted by Crippen LogP contribution is 2.25. The Kier molecular flexibility index (Phi) is 5.57. The number of azide groups is 1. The van der Waals surface area contributed by atoms with Crippen molar-refractivity contribution in [1.29, 1.82) is 0 Å². The molecule has 12 heteroatoms. The van der Waals surface area contributed by atoms with Crippen LogP contribution in [0.4, 0.5) is 0 Å². The van der Waals surface area contributed by atoms with Crippen LogP contribution in [0.2, 0.25) is 0 Å². The minimum absolute atomic E-state index is 0.0806. The lowest BCUT2D eigenvalue weighted by atomic mass is 10.1. The zero-order valence-corrected chi connectivity index (χ0v) is 13.1. The van der Waals surface area contributed by atoms with Gasteiger partial charge in [0.1, 0.15) is 12.7 Å². The summed E-state index contributed by atoms with van der Waals surface area (Å²) in [4.78, 5) is 49.5. The van der Waals surface area contributed by atoms with Crippen LogP contribution in [0, 0.1) is 6.92 Å². The number of nitrogens with zero attached hydrogens (tertiary/aromatic N) is 4. The lowest BCUT2D eigenvalue weighted by Gasteiger charge is -2.15. The van der Waals surface area contributed by atoms with E-state index in [2.05, 4.69) is 19.7 Å². The molecule has 0 bridgehead atoms. The van der Waals surface area contributed by atoms with Gasteiger partial charge in [0.2, 0.25) is 0 Å². The maximum Gasteiger partial charge on any atom is 0.417 e. The van der Waals surface area contributed by atoms with Crippen LogP contribution in [-0.4, -0.2) is 51.5 Å². The molecule has 0 saturated carbocycles. The number of rotatable bonds is 5. The van der Waals surface area contributed by atoms with Gasteiger partial charge in [-0.2, -0.15) is 0 Å². The predicted octanol–water partition coefficient (Wildman–Crippen LogP) is -0.691. The van der Waals surface area contributed by atoms with Crippen LogP contribution in [0.3, 0.4) is 0 Å². The van der Waals surface area contributed by atoms with Gasteiger partial charge in [0.25, 0.3) is 5.56 Å². The van der Waals surface area contributed by atoms with Crippen molar-refractivity contribution in [2.45, 2.75) is 38.1 Å². The maximum atomic E-state index is 11.8. The first kappa shape index (κ1) is 18.2. The van der Waals surface area contributed by atoms with E-state index in [1.54, 1.807) is 6.92 Å². The second-order valence-corrected chi connectivity index (χ2v) is 5.43. The minimum Gasteiger partial charge on any atom is -0.473 e. The molecule has 134 valence electrons. The van der Waals surface area contributed by atoms with Gasteiger partial charge in [-0.1, -0.05) is 5.11 Å². The number of esters is 1. The van der Waals surface area contributed by atoms with Gasteiger partial charge in [-0.25, -0.2) is 14.4 Å². The molecule has 1 aromatic rings. The van der Waals surface area contributed by atoms with Crippen molar-refractivity contribution in [3.63, 3.8) is 0 Å². The van der Waals surface area contributed by atoms with Gasteiger partial charge in [0.05, 0.1) is 18.7 Å². The Hall–Kier alpha value is -3.11. The molecule has 0 aliphatic carbocycles. The van der Waals surface area contributed by atoms with Crippen molar-refractivity contribution in [3.05, 3.63) is 43.0 Å². The number of aryl methyl sites for hydroxylation is 1. The van der Waals surface area contributed by atoms with Crippen LogP contribution in [0.1, 0.15) is 12.0 Å². The summed E-state index contributed by atoms with van der Waals surface area (Å²) in [6.07, 6.45) is 0.241. The van der Waals surface area contributed by atoms with Gasteiger partial charge in [-0.3, -0.25) is 14.3 Å². The molecule has 1 aromatic heterocycles. The van der Waals surface area contributed by atoms with E-state index in [-0.39, 0.29) is 13.0 Å². The number of hydrogen-bond acceptors (Lipinski definition) is 7. The van der Waals surface area contributed by atoms with Crippen LogP contribution in [-0.2, 0) is 25.6 Å². The summed E-state index contributed by atoms with van der Waals surface area (Å²) in [5.41, 5.74) is 7.85. The lowest BCUT2D eigenvalue weighted by Crippen LogP contribution is -2.34. The van der Waals surface area contributed by atoms with Crippen LogP contribution in [0.5, 0.6) is 0 Å². The molecule has 0 amide bonds. The second kappa shape index (κ2) is 7.64. The number of carboxylic acid groups (broad SMARTS) is 1. The molecule has 0 radical (unpaired) electrons. The summed E-state index contributed by atoms with van der Waals surface area (Å²) in [5, 5.41) is 12.0. The second-order valence-electron chi connectivity index (χ2n) is 5.43. The average Bonchev–Trinajstić information content (AvgIpc) is 2.92. The van der Waals surface area contributed by atoms with Crippen molar-refractivity contribution < 1.29 is 24.2 Å². The van der Waals surface area contributed by atoms with E-state index in [9.17, 15) is 19.2 Å². The van der Waals surface area contributed by atoms with Gasteiger partial charge < -0.3 is 14.6 Å². The first-order valence-corrected chi connectivity index (χ1v) is 7.22. The van der Waals surface area contributed by atoms with Crippen molar-refractivity contribution >= 4 is 11.9 Å². The van der Waals surface area contributed by atoms with Crippen LogP contribution < -0.4 is 11.2 Å². The fourth-order valence-corrected chi connectivity index (χ4v) is 2.46. The molecule has 2 N–H and O–H groups in total. The van der Waals surface area contributed by atoms with Crippen molar-refractivity contribution in [1.82, 2.24) is 9.55 Å². The SMILES string of the molecule is Cc1cn(C[C@H]2C[C@H](N=[N+]=[N-])[C@@H](COC(=O)C(=O)O)O2)c(=O)[nH]c1=O. The predicted molar refractivity (Wildman–Crippen MR) is 80.9 cm³/mol. The minimum atomic E-state index is -1.75. The van der Waals surface area contributed by atoms with Crippen LogP contribution >= 0.6 is 0 Å². The van der Waals surface area contributed by atoms with Crippen molar-refractivity contribution in [3.8, 4) is 0 Å². The topological polar surface area (TPSA) is 176 Å². The highest BCUT2D eigenvalue weighted by Gasteiger charge is 2.36. The molecule has 2 heterocycles. The molecule has 12 nitrogen and oxygen atoms in total. The van der Waals surface area contributed by atoms with Crippen molar-refractivity contribution in [2.75, 3.05) is 6.61 Å². The smallest absolute Gasteiger partial charge is 0.417 e. The first-order chi connectivity index (χ1) is 11.8. The van der Waals surface area contributed by atoms with Gasteiger partial charge in [-0.15, -0.1) is 0 Å². The van der Waals surface area contributed by atoms with E-state index in [1.165, 1.54) is 10.8 Å². The zero-order chi connectivity index (χ0) is 18.6. The molecule has 1 aliphatic heterocycles. The Bertz CT molecular complexity index is 838. The monoisotopic (exact) mass is 353 g/mol. The van der Waals surface area contributed by atoms with Crippen molar-refractivity contribution in [2.24, 2.45) is 5.11 Å². The number of H-pyrrole nitrogens is 1. The quantitative estimate of drug-likeness (QED) is 0.231. The number of nitrogens with one attached hydrogen (secondary N) is 1. The lowest BCUT2D eigenvalue weighted by molar-refractivity contribution is -0.166. The van der Waals surface area contributed by atoms with Crippen LogP contribution in [0.25, 0.3) is 10.4 Å². The van der Waals surface area contributed by atoms with Gasteiger partial charge in [0.15, 0.2) is 0 Å². The zero-order valence-electron chi connectivity index (χ0n) is 13.1. The molecule has 1 fully saturated rings. The third-order valence-corrected chi connectivity index (χ3v) is 3.64. The summed E-state index contributed by atoms with van der Waals surface area (Å²) in [5.74, 6) is -3.19. The van der Waals surface area contributed by atoms with Gasteiger partial charge >= 0.3 is 17.6 Å². The Balaban J connectivity index is 2.08. The van der Waals surface area contributed by atoms with Gasteiger partial charge in [0, 0.05) is 16.7 Å². The molecule has 0 aromatic carbocycles.